The van der Waals surface area contributed by atoms with Crippen molar-refractivity contribution in [1.82, 2.24) is 10.6 Å². The van der Waals surface area contributed by atoms with Gasteiger partial charge in [-0.2, -0.15) is 0 Å². The van der Waals surface area contributed by atoms with Gasteiger partial charge < -0.3 is 10.6 Å². The van der Waals surface area contributed by atoms with Crippen LogP contribution in [0.3, 0.4) is 0 Å². The Hall–Kier alpha value is -1.20. The Balaban J connectivity index is 0.00000220. The first kappa shape index (κ1) is 17.9. The second kappa shape index (κ2) is 8.29. The van der Waals surface area contributed by atoms with Crippen molar-refractivity contribution in [3.05, 3.63) is 35.4 Å². The van der Waals surface area contributed by atoms with Crippen LogP contribution in [0.15, 0.2) is 18.2 Å². The van der Waals surface area contributed by atoms with E-state index in [1.165, 1.54) is 12.1 Å². The van der Waals surface area contributed by atoms with Gasteiger partial charge in [-0.3, -0.25) is 4.79 Å². The van der Waals surface area contributed by atoms with Gasteiger partial charge >= 0.3 is 0 Å². The molecule has 2 atom stereocenters. The quantitative estimate of drug-likeness (QED) is 0.895. The molecule has 2 rings (SSSR count). The highest BCUT2D eigenvalue weighted by atomic mass is 35.5. The van der Waals surface area contributed by atoms with Gasteiger partial charge in [0, 0.05) is 11.6 Å². The van der Waals surface area contributed by atoms with E-state index in [0.717, 1.165) is 31.9 Å². The average molecular weight is 319 g/mol. The van der Waals surface area contributed by atoms with Gasteiger partial charge in [0.05, 0.1) is 12.1 Å². The van der Waals surface area contributed by atoms with Crippen LogP contribution in [-0.2, 0) is 4.79 Å². The fraction of sp³-hybridized carbons (Fsp3) is 0.533. The summed E-state index contributed by atoms with van der Waals surface area (Å²) in [6.07, 6.45) is 3.45. The number of halogens is 3. The summed E-state index contributed by atoms with van der Waals surface area (Å²) in [6, 6.07) is 2.83. The summed E-state index contributed by atoms with van der Waals surface area (Å²) >= 11 is 0. The number of nitrogens with one attached hydrogen (secondary N) is 2. The van der Waals surface area contributed by atoms with E-state index in [4.69, 9.17) is 0 Å². The van der Waals surface area contributed by atoms with E-state index in [-0.39, 0.29) is 24.4 Å². The monoisotopic (exact) mass is 318 g/mol. The van der Waals surface area contributed by atoms with Crippen molar-refractivity contribution in [2.24, 2.45) is 0 Å². The maximum Gasteiger partial charge on any atom is 0.237 e. The number of hydrogen-bond acceptors (Lipinski definition) is 2. The van der Waals surface area contributed by atoms with Gasteiger partial charge in [0.2, 0.25) is 5.91 Å². The smallest absolute Gasteiger partial charge is 0.237 e. The van der Waals surface area contributed by atoms with Crippen LogP contribution in [0.25, 0.3) is 0 Å². The van der Waals surface area contributed by atoms with Crippen LogP contribution in [0, 0.1) is 11.6 Å². The molecule has 2 N–H and O–H groups in total. The number of benzene rings is 1. The van der Waals surface area contributed by atoms with E-state index in [1.807, 2.05) is 6.92 Å². The summed E-state index contributed by atoms with van der Waals surface area (Å²) in [7, 11) is 0. The SMILES string of the molecule is CCC(NC(=O)C1CCCCN1)c1ccc(F)cc1F.Cl. The van der Waals surface area contributed by atoms with Gasteiger partial charge in [-0.1, -0.05) is 19.4 Å². The first-order valence-corrected chi connectivity index (χ1v) is 7.10. The molecule has 1 aromatic carbocycles. The van der Waals surface area contributed by atoms with Crippen LogP contribution >= 0.6 is 12.4 Å². The zero-order valence-corrected chi connectivity index (χ0v) is 12.8. The summed E-state index contributed by atoms with van der Waals surface area (Å²) in [4.78, 5) is 12.1. The standard InChI is InChI=1S/C15H20F2N2O.ClH/c1-2-13(11-7-6-10(16)9-12(11)17)19-15(20)14-5-3-4-8-18-14;/h6-7,9,13-14,18H,2-5,8H2,1H3,(H,19,20);1H. The van der Waals surface area contributed by atoms with Gasteiger partial charge in [0.15, 0.2) is 0 Å². The molecule has 1 aliphatic heterocycles. The maximum atomic E-state index is 13.8. The molecule has 1 amide bonds. The number of amides is 1. The van der Waals surface area contributed by atoms with E-state index in [9.17, 15) is 13.6 Å². The molecule has 3 nitrogen and oxygen atoms in total. The molecular formula is C15H21ClF2N2O. The fourth-order valence-corrected chi connectivity index (χ4v) is 2.53. The minimum Gasteiger partial charge on any atom is -0.348 e. The van der Waals surface area contributed by atoms with Crippen LogP contribution in [0.1, 0.15) is 44.2 Å². The van der Waals surface area contributed by atoms with E-state index in [0.29, 0.717) is 12.0 Å². The Labute approximate surface area is 129 Å². The third-order valence-electron chi connectivity index (χ3n) is 3.69. The highest BCUT2D eigenvalue weighted by Gasteiger charge is 2.24. The number of rotatable bonds is 4. The molecule has 6 heteroatoms. The molecule has 0 aliphatic carbocycles. The van der Waals surface area contributed by atoms with E-state index < -0.39 is 17.7 Å². The minimum absolute atomic E-state index is 0. The second-order valence-electron chi connectivity index (χ2n) is 5.14. The predicted octanol–water partition coefficient (Wildman–Crippen LogP) is 3.10. The van der Waals surface area contributed by atoms with Gasteiger partial charge in [0.25, 0.3) is 0 Å². The van der Waals surface area contributed by atoms with Crippen molar-refractivity contribution < 1.29 is 13.6 Å². The van der Waals surface area contributed by atoms with Crippen LogP contribution in [0.2, 0.25) is 0 Å². The molecule has 1 heterocycles. The van der Waals surface area contributed by atoms with Crippen LogP contribution in [0.4, 0.5) is 8.78 Å². The van der Waals surface area contributed by atoms with E-state index >= 15 is 0 Å². The minimum atomic E-state index is -0.617. The first-order chi connectivity index (χ1) is 9.61. The van der Waals surface area contributed by atoms with E-state index in [2.05, 4.69) is 10.6 Å². The predicted molar refractivity (Wildman–Crippen MR) is 80.4 cm³/mol. The van der Waals surface area contributed by atoms with Crippen LogP contribution in [-0.4, -0.2) is 18.5 Å². The third-order valence-corrected chi connectivity index (χ3v) is 3.69. The van der Waals surface area contributed by atoms with Crippen molar-refractivity contribution in [2.45, 2.75) is 44.7 Å². The summed E-state index contributed by atoms with van der Waals surface area (Å²) in [5.74, 6) is -1.34. The molecule has 0 aromatic heterocycles. The Bertz CT molecular complexity index is 479. The summed E-state index contributed by atoms with van der Waals surface area (Å²) < 4.78 is 26.7. The number of carbonyl (C=O) groups excluding carboxylic acids is 1. The Morgan fingerprint density at radius 3 is 2.76 bits per heavy atom. The van der Waals surface area contributed by atoms with Crippen molar-refractivity contribution in [1.29, 1.82) is 0 Å². The Kier molecular flexibility index (Phi) is 7.05. The summed E-state index contributed by atoms with van der Waals surface area (Å²) in [5.41, 5.74) is 0.332. The number of piperidine rings is 1. The first-order valence-electron chi connectivity index (χ1n) is 7.10. The lowest BCUT2D eigenvalue weighted by atomic mass is 10.0. The zero-order valence-electron chi connectivity index (χ0n) is 12.0. The highest BCUT2D eigenvalue weighted by Crippen LogP contribution is 2.21. The van der Waals surface area contributed by atoms with E-state index in [1.54, 1.807) is 0 Å². The maximum absolute atomic E-state index is 13.8. The topological polar surface area (TPSA) is 41.1 Å². The lowest BCUT2D eigenvalue weighted by Crippen LogP contribution is -2.47. The molecule has 0 radical (unpaired) electrons. The number of carbonyl (C=O) groups is 1. The largest absolute Gasteiger partial charge is 0.348 e. The normalized spacial score (nSPS) is 19.5. The molecule has 0 saturated carbocycles. The molecule has 1 saturated heterocycles. The molecule has 118 valence electrons. The molecule has 2 unspecified atom stereocenters. The second-order valence-corrected chi connectivity index (χ2v) is 5.14. The lowest BCUT2D eigenvalue weighted by molar-refractivity contribution is -0.124. The molecule has 0 spiro atoms. The average Bonchev–Trinajstić information content (AvgIpc) is 2.46. The molecular weight excluding hydrogens is 298 g/mol. The van der Waals surface area contributed by atoms with Crippen LogP contribution in [0.5, 0.6) is 0 Å². The van der Waals surface area contributed by atoms with Gasteiger partial charge in [-0.25, -0.2) is 8.78 Å². The van der Waals surface area contributed by atoms with Crippen molar-refractivity contribution in [3.8, 4) is 0 Å². The third kappa shape index (κ3) is 4.64. The molecule has 1 aliphatic rings. The molecule has 1 fully saturated rings. The highest BCUT2D eigenvalue weighted by molar-refractivity contribution is 5.85. The van der Waals surface area contributed by atoms with Gasteiger partial charge in [0.1, 0.15) is 11.6 Å². The number of hydrogen-bond donors (Lipinski definition) is 2. The summed E-state index contributed by atoms with van der Waals surface area (Å²) in [5, 5.41) is 6.01. The van der Waals surface area contributed by atoms with Gasteiger partial charge in [-0.15, -0.1) is 12.4 Å². The summed E-state index contributed by atoms with van der Waals surface area (Å²) in [6.45, 7) is 2.70. The van der Waals surface area contributed by atoms with Crippen LogP contribution < -0.4 is 10.6 Å². The van der Waals surface area contributed by atoms with Gasteiger partial charge in [-0.05, 0) is 31.9 Å². The van der Waals surface area contributed by atoms with Crippen molar-refractivity contribution in [3.63, 3.8) is 0 Å². The fourth-order valence-electron chi connectivity index (χ4n) is 2.53. The van der Waals surface area contributed by atoms with Crippen molar-refractivity contribution >= 4 is 18.3 Å². The zero-order chi connectivity index (χ0) is 14.5. The Morgan fingerprint density at radius 2 is 2.19 bits per heavy atom. The Morgan fingerprint density at radius 1 is 1.43 bits per heavy atom. The molecule has 1 aromatic rings. The lowest BCUT2D eigenvalue weighted by Gasteiger charge is -2.26. The molecule has 0 bridgehead atoms. The molecule has 21 heavy (non-hydrogen) atoms. The van der Waals surface area contributed by atoms with Crippen molar-refractivity contribution in [2.75, 3.05) is 6.54 Å².